The number of carbonyl (C=O) groups excluding carboxylic acids is 8. The van der Waals surface area contributed by atoms with Crippen LogP contribution in [0.25, 0.3) is 0 Å². The molecule has 0 aliphatic carbocycles. The van der Waals surface area contributed by atoms with Gasteiger partial charge in [-0.1, -0.05) is 48.5 Å². The van der Waals surface area contributed by atoms with Crippen molar-refractivity contribution in [1.29, 1.82) is 0 Å². The molecular weight excluding hydrogens is 1030 g/mol. The van der Waals surface area contributed by atoms with Gasteiger partial charge < -0.3 is 82.5 Å². The van der Waals surface area contributed by atoms with E-state index < -0.39 is 185 Å². The Balaban J connectivity index is 1.78. The lowest BCUT2D eigenvalue weighted by atomic mass is 9.85. The Bertz CT molecular complexity index is 2050. The SMILES string of the molecule is CO[C@H]1OC(COC(C)=O)[C@H](OC2OC(COC(C)=O)C(O[C@H]3OC(COC(C)=O)[C@H](OC4OC(COC(C)=O)C(O[Si](C)(C)C(C)(C)C)[C@H](C)[C@@H]4NC(C)=O)C(C)[C@H]3NC(C)=O)[C@H](C)[C@@H]2NC(C)=O)C(C)[C@H]1NC(C)=O. The number of methoxy groups -OCH3 is 1. The Morgan fingerprint density at radius 1 is 0.416 bits per heavy atom. The van der Waals surface area contributed by atoms with Crippen LogP contribution >= 0.6 is 0 Å². The van der Waals surface area contributed by atoms with Gasteiger partial charge in [0.1, 0.15) is 50.8 Å². The fourth-order valence-electron chi connectivity index (χ4n) is 9.92. The van der Waals surface area contributed by atoms with Gasteiger partial charge in [-0.05, 0) is 18.1 Å². The molecule has 10 unspecified atom stereocenters. The number of rotatable bonds is 21. The van der Waals surface area contributed by atoms with E-state index in [9.17, 15) is 38.4 Å². The number of hydrogen-bond acceptors (Lipinski definition) is 21. The summed E-state index contributed by atoms with van der Waals surface area (Å²) in [6.07, 6.45) is -13.0. The van der Waals surface area contributed by atoms with Gasteiger partial charge in [0.15, 0.2) is 33.5 Å². The van der Waals surface area contributed by atoms with E-state index in [1.165, 1.54) is 62.5 Å². The van der Waals surface area contributed by atoms with E-state index in [1.54, 1.807) is 20.8 Å². The summed E-state index contributed by atoms with van der Waals surface area (Å²) >= 11 is 0. The van der Waals surface area contributed by atoms with Crippen molar-refractivity contribution in [3.05, 3.63) is 0 Å². The highest BCUT2D eigenvalue weighted by molar-refractivity contribution is 6.74. The number of carbonyl (C=O) groups is 8. The molecule has 4 saturated heterocycles. The predicted octanol–water partition coefficient (Wildman–Crippen LogP) is 1.89. The maximum absolute atomic E-state index is 13.2. The molecule has 0 aromatic heterocycles. The molecule has 0 aromatic rings. The Hall–Kier alpha value is -4.38. The van der Waals surface area contributed by atoms with Gasteiger partial charge in [-0.3, -0.25) is 38.4 Å². The van der Waals surface area contributed by atoms with E-state index >= 15 is 0 Å². The summed E-state index contributed by atoms with van der Waals surface area (Å²) in [6.45, 7) is 26.5. The smallest absolute Gasteiger partial charge is 0.302 e. The van der Waals surface area contributed by atoms with Gasteiger partial charge in [0.2, 0.25) is 23.6 Å². The summed E-state index contributed by atoms with van der Waals surface area (Å²) < 4.78 is 81.3. The molecule has 4 fully saturated rings. The average Bonchev–Trinajstić information content (AvgIpc) is 3.30. The first kappa shape index (κ1) is 65.1. The minimum absolute atomic E-state index is 0.209. The summed E-state index contributed by atoms with van der Waals surface area (Å²) in [6, 6.07) is -3.69. The molecule has 4 aliphatic rings. The van der Waals surface area contributed by atoms with Crippen molar-refractivity contribution >= 4 is 55.8 Å². The summed E-state index contributed by atoms with van der Waals surface area (Å²) in [4.78, 5) is 101. The second-order valence-electron chi connectivity index (χ2n) is 22.1. The molecule has 0 bridgehead atoms. The highest BCUT2D eigenvalue weighted by atomic mass is 28.4. The topological polar surface area (TPSA) is 305 Å². The first-order valence-electron chi connectivity index (χ1n) is 26.2. The Morgan fingerprint density at radius 2 is 0.649 bits per heavy atom. The van der Waals surface area contributed by atoms with Crippen molar-refractivity contribution in [3.63, 3.8) is 0 Å². The molecule has 440 valence electrons. The lowest BCUT2D eigenvalue weighted by Crippen LogP contribution is -2.68. The largest absolute Gasteiger partial charge is 0.463 e. The maximum Gasteiger partial charge on any atom is 0.302 e. The van der Waals surface area contributed by atoms with Crippen LogP contribution in [0.5, 0.6) is 0 Å². The van der Waals surface area contributed by atoms with Gasteiger partial charge in [-0.25, -0.2) is 0 Å². The number of nitrogens with one attached hydrogen (secondary N) is 4. The molecule has 4 heterocycles. The monoisotopic (exact) mass is 1120 g/mol. The number of hydrogen-bond donors (Lipinski definition) is 4. The second kappa shape index (κ2) is 28.2. The van der Waals surface area contributed by atoms with E-state index in [-0.39, 0.29) is 24.2 Å². The lowest BCUT2D eigenvalue weighted by molar-refractivity contribution is -0.351. The molecule has 77 heavy (non-hydrogen) atoms. The Morgan fingerprint density at radius 3 is 0.883 bits per heavy atom. The van der Waals surface area contributed by atoms with Crippen LogP contribution in [0.1, 0.15) is 104 Å². The van der Waals surface area contributed by atoms with Gasteiger partial charge in [0, 0.05) is 86.2 Å². The van der Waals surface area contributed by atoms with Crippen LogP contribution < -0.4 is 21.3 Å². The van der Waals surface area contributed by atoms with Gasteiger partial charge in [-0.2, -0.15) is 0 Å². The fourth-order valence-corrected chi connectivity index (χ4v) is 11.3. The van der Waals surface area contributed by atoms with Gasteiger partial charge in [0.05, 0.1) is 48.6 Å². The number of esters is 4. The van der Waals surface area contributed by atoms with E-state index in [2.05, 4.69) is 55.1 Å². The van der Waals surface area contributed by atoms with E-state index in [4.69, 9.17) is 61.3 Å². The third-order valence-corrected chi connectivity index (χ3v) is 19.3. The average molecular weight is 1120 g/mol. The molecule has 4 rings (SSSR count). The third-order valence-electron chi connectivity index (χ3n) is 14.8. The number of amides is 4. The Kier molecular flexibility index (Phi) is 23.8. The predicted molar refractivity (Wildman–Crippen MR) is 272 cm³/mol. The maximum atomic E-state index is 13.2. The standard InChI is InChI=1S/C51H86N4O21Si/c1-23-39(52-27(5)56)47(64-16)69-35(19-65-31(9)60)43(23)73-48-40(53-28(6)57)24(2)44(36(70-48)20-66-32(10)61)74-49-41(54-29(7)58)25(3)45(37(71-49)21-67-33(11)62)75-50-42(55-30(8)59)26(4)46(38(72-50)22-68-34(12)63)76-77(17,18)51(13,14)15/h23-26,35-50H,19-22H2,1-18H3,(H,52,56)(H,53,57)(H,54,58)(H,55,59)/t23?,24-,25?,26-,35?,36?,37?,38?,39-,40+,41-,42+,43-,44?,45-,46?,47+,48?,49-,50?/m1/s1. The van der Waals surface area contributed by atoms with Crippen molar-refractivity contribution in [1.82, 2.24) is 21.3 Å². The van der Waals surface area contributed by atoms with Crippen LogP contribution in [0.2, 0.25) is 18.1 Å². The van der Waals surface area contributed by atoms with Crippen LogP contribution in [0.15, 0.2) is 0 Å². The molecule has 4 amide bonds. The molecule has 0 spiro atoms. The van der Waals surface area contributed by atoms with Crippen molar-refractivity contribution in [2.75, 3.05) is 33.5 Å². The summed E-state index contributed by atoms with van der Waals surface area (Å²) in [5.74, 6) is -6.87. The minimum Gasteiger partial charge on any atom is -0.463 e. The summed E-state index contributed by atoms with van der Waals surface area (Å²) in [5.41, 5.74) is 0. The number of ether oxygens (including phenoxy) is 12. The zero-order chi connectivity index (χ0) is 58.0. The van der Waals surface area contributed by atoms with E-state index in [0.29, 0.717) is 0 Å². The van der Waals surface area contributed by atoms with Crippen molar-refractivity contribution in [3.8, 4) is 0 Å². The van der Waals surface area contributed by atoms with Crippen LogP contribution in [-0.4, -0.2) is 188 Å². The summed E-state index contributed by atoms with van der Waals surface area (Å²) in [7, 11) is -1.13. The molecule has 26 heteroatoms. The van der Waals surface area contributed by atoms with Crippen LogP contribution in [0.3, 0.4) is 0 Å². The zero-order valence-electron chi connectivity index (χ0n) is 47.9. The molecular formula is C51H86N4O21Si. The molecule has 0 saturated carbocycles. The van der Waals surface area contributed by atoms with Crippen molar-refractivity contribution in [2.45, 2.75) is 220 Å². The van der Waals surface area contributed by atoms with Crippen molar-refractivity contribution in [2.24, 2.45) is 23.7 Å². The van der Waals surface area contributed by atoms with E-state index in [0.717, 1.165) is 0 Å². The van der Waals surface area contributed by atoms with Crippen LogP contribution in [0, 0.1) is 23.7 Å². The van der Waals surface area contributed by atoms with Gasteiger partial charge in [-0.15, -0.1) is 0 Å². The second-order valence-corrected chi connectivity index (χ2v) is 26.9. The lowest BCUT2D eigenvalue weighted by Gasteiger charge is -2.53. The summed E-state index contributed by atoms with van der Waals surface area (Å²) in [5, 5.41) is 11.4. The van der Waals surface area contributed by atoms with Gasteiger partial charge >= 0.3 is 23.9 Å². The highest BCUT2D eigenvalue weighted by Gasteiger charge is 2.56. The third kappa shape index (κ3) is 17.8. The molecule has 0 radical (unpaired) electrons. The van der Waals surface area contributed by atoms with Crippen LogP contribution in [0.4, 0.5) is 0 Å². The first-order chi connectivity index (χ1) is 35.8. The molecule has 20 atom stereocenters. The normalized spacial score (nSPS) is 35.6. The minimum atomic E-state index is -2.53. The molecule has 4 N–H and O–H groups in total. The zero-order valence-corrected chi connectivity index (χ0v) is 48.9. The molecule has 25 nitrogen and oxygen atoms in total. The quantitative estimate of drug-likeness (QED) is 0.0725. The van der Waals surface area contributed by atoms with Crippen LogP contribution in [-0.2, 0) is 99.6 Å². The highest BCUT2D eigenvalue weighted by Crippen LogP contribution is 2.43. The van der Waals surface area contributed by atoms with Crippen molar-refractivity contribution < 1.29 is 99.6 Å². The molecule has 4 aliphatic heterocycles. The molecule has 0 aromatic carbocycles. The fraction of sp³-hybridized carbons (Fsp3) is 0.843. The Labute approximate surface area is 452 Å². The first-order valence-corrected chi connectivity index (χ1v) is 29.1. The van der Waals surface area contributed by atoms with Gasteiger partial charge in [0.25, 0.3) is 0 Å². The van der Waals surface area contributed by atoms with E-state index in [1.807, 2.05) is 6.92 Å².